The largest absolute Gasteiger partial charge is 0.494 e. The van der Waals surface area contributed by atoms with Gasteiger partial charge in [-0.3, -0.25) is 4.79 Å². The van der Waals surface area contributed by atoms with Crippen molar-refractivity contribution in [1.29, 1.82) is 0 Å². The predicted molar refractivity (Wildman–Crippen MR) is 59.6 cm³/mol. The number of nitrogens with two attached hydrogens (primary N) is 1. The highest BCUT2D eigenvalue weighted by molar-refractivity contribution is 6.41. The first-order valence-electron chi connectivity index (χ1n) is 4.69. The van der Waals surface area contributed by atoms with E-state index >= 15 is 0 Å². The summed E-state index contributed by atoms with van der Waals surface area (Å²) in [5, 5.41) is 13.3. The first-order chi connectivity index (χ1) is 7.67. The molecule has 4 N–H and O–H groups in total. The van der Waals surface area contributed by atoms with Crippen LogP contribution in [0.25, 0.3) is 0 Å². The lowest BCUT2D eigenvalue weighted by Crippen LogP contribution is -2.29. The molecule has 0 atom stereocenters. The second kappa shape index (κ2) is 5.59. The molecule has 0 aromatic heterocycles. The smallest absolute Gasteiger partial charge is 0.294 e. The van der Waals surface area contributed by atoms with Crippen LogP contribution in [0.2, 0.25) is 0 Å². The third-order valence-electron chi connectivity index (χ3n) is 1.76. The summed E-state index contributed by atoms with van der Waals surface area (Å²) in [6.45, 7) is 2.46. The van der Waals surface area contributed by atoms with Crippen molar-refractivity contribution >= 4 is 17.4 Å². The third-order valence-corrected chi connectivity index (χ3v) is 1.76. The zero-order chi connectivity index (χ0) is 12.0. The average molecular weight is 223 g/mol. The maximum absolute atomic E-state index is 11.2. The number of amides is 1. The van der Waals surface area contributed by atoms with Crippen molar-refractivity contribution in [3.8, 4) is 5.75 Å². The number of nitrogens with one attached hydrogen (secondary N) is 1. The summed E-state index contributed by atoms with van der Waals surface area (Å²) < 4.78 is 5.23. The first kappa shape index (κ1) is 11.8. The van der Waals surface area contributed by atoms with Gasteiger partial charge in [-0.15, -0.1) is 0 Å². The standard InChI is InChI=1S/C10H13N3O3/c1-2-16-8-5-3-7(4-6-8)12-10(14)9(11)13-15/h3-6,15H,2H2,1H3,(H2,11,13)(H,12,14). The Morgan fingerprint density at radius 2 is 2.12 bits per heavy atom. The number of benzene rings is 1. The van der Waals surface area contributed by atoms with Gasteiger partial charge in [0.1, 0.15) is 5.75 Å². The Hall–Kier alpha value is -2.24. The highest BCUT2D eigenvalue weighted by Gasteiger charge is 2.07. The molecule has 0 saturated carbocycles. The Balaban J connectivity index is 2.65. The minimum absolute atomic E-state index is 0.492. The van der Waals surface area contributed by atoms with E-state index in [2.05, 4.69) is 10.5 Å². The Bertz CT molecular complexity index is 387. The van der Waals surface area contributed by atoms with E-state index in [9.17, 15) is 4.79 Å². The molecular weight excluding hydrogens is 210 g/mol. The molecule has 0 aliphatic heterocycles. The fourth-order valence-corrected chi connectivity index (χ4v) is 1.04. The summed E-state index contributed by atoms with van der Waals surface area (Å²) in [6.07, 6.45) is 0. The molecule has 0 aliphatic carbocycles. The Kier molecular flexibility index (Phi) is 4.14. The molecule has 86 valence electrons. The van der Waals surface area contributed by atoms with E-state index in [1.165, 1.54) is 0 Å². The van der Waals surface area contributed by atoms with Crippen molar-refractivity contribution in [3.63, 3.8) is 0 Å². The number of ether oxygens (including phenoxy) is 1. The van der Waals surface area contributed by atoms with Gasteiger partial charge in [0, 0.05) is 5.69 Å². The van der Waals surface area contributed by atoms with E-state index < -0.39 is 11.7 Å². The molecule has 0 heterocycles. The van der Waals surface area contributed by atoms with Gasteiger partial charge in [0.05, 0.1) is 6.61 Å². The Morgan fingerprint density at radius 3 is 2.62 bits per heavy atom. The van der Waals surface area contributed by atoms with E-state index in [1.807, 2.05) is 6.92 Å². The first-order valence-corrected chi connectivity index (χ1v) is 4.69. The lowest BCUT2D eigenvalue weighted by molar-refractivity contribution is -0.110. The second-order valence-electron chi connectivity index (χ2n) is 2.90. The third kappa shape index (κ3) is 3.16. The summed E-state index contributed by atoms with van der Waals surface area (Å²) in [7, 11) is 0. The lowest BCUT2D eigenvalue weighted by atomic mass is 10.3. The van der Waals surface area contributed by atoms with Gasteiger partial charge in [-0.05, 0) is 31.2 Å². The van der Waals surface area contributed by atoms with Crippen LogP contribution in [0, 0.1) is 0 Å². The molecule has 0 radical (unpaired) electrons. The summed E-state index contributed by atoms with van der Waals surface area (Å²) in [5.74, 6) is -0.440. The SMILES string of the molecule is CCOc1ccc(NC(=O)/C(N)=N/O)cc1. The molecule has 1 aromatic rings. The van der Waals surface area contributed by atoms with Crippen LogP contribution in [-0.2, 0) is 4.79 Å². The molecule has 0 saturated heterocycles. The van der Waals surface area contributed by atoms with Gasteiger partial charge in [0.15, 0.2) is 0 Å². The predicted octanol–water partition coefficient (Wildman–Crippen LogP) is 0.770. The molecular formula is C10H13N3O3. The number of anilines is 1. The number of oxime groups is 1. The van der Waals surface area contributed by atoms with Crippen molar-refractivity contribution in [1.82, 2.24) is 0 Å². The average Bonchev–Trinajstić information content (AvgIpc) is 2.31. The van der Waals surface area contributed by atoms with E-state index in [0.717, 1.165) is 0 Å². The number of rotatable bonds is 3. The van der Waals surface area contributed by atoms with Crippen LogP contribution in [0.15, 0.2) is 29.4 Å². The van der Waals surface area contributed by atoms with Gasteiger partial charge >= 0.3 is 0 Å². The van der Waals surface area contributed by atoms with Gasteiger partial charge in [0.25, 0.3) is 5.91 Å². The van der Waals surface area contributed by atoms with Crippen LogP contribution < -0.4 is 15.8 Å². The molecule has 16 heavy (non-hydrogen) atoms. The van der Waals surface area contributed by atoms with Crippen LogP contribution in [0.5, 0.6) is 5.75 Å². The van der Waals surface area contributed by atoms with Crippen LogP contribution in [0.4, 0.5) is 5.69 Å². The maximum Gasteiger partial charge on any atom is 0.294 e. The molecule has 0 bridgehead atoms. The molecule has 0 unspecified atom stereocenters. The van der Waals surface area contributed by atoms with E-state index in [4.69, 9.17) is 15.7 Å². The summed E-state index contributed by atoms with van der Waals surface area (Å²) in [4.78, 5) is 11.2. The number of hydrogen-bond donors (Lipinski definition) is 3. The van der Waals surface area contributed by atoms with Gasteiger partial charge in [0.2, 0.25) is 5.84 Å². The normalized spacial score (nSPS) is 10.9. The fraction of sp³-hybridized carbons (Fsp3) is 0.200. The van der Waals surface area contributed by atoms with Crippen molar-refractivity contribution in [3.05, 3.63) is 24.3 Å². The van der Waals surface area contributed by atoms with E-state index in [-0.39, 0.29) is 0 Å². The van der Waals surface area contributed by atoms with Crippen LogP contribution >= 0.6 is 0 Å². The number of carbonyl (C=O) groups is 1. The zero-order valence-electron chi connectivity index (χ0n) is 8.80. The summed E-state index contributed by atoms with van der Waals surface area (Å²) in [5.41, 5.74) is 5.65. The van der Waals surface area contributed by atoms with Crippen molar-refractivity contribution in [2.45, 2.75) is 6.92 Å². The Morgan fingerprint density at radius 1 is 1.50 bits per heavy atom. The molecule has 0 spiro atoms. The zero-order valence-corrected chi connectivity index (χ0v) is 8.80. The maximum atomic E-state index is 11.2. The molecule has 1 amide bonds. The van der Waals surface area contributed by atoms with E-state index in [0.29, 0.717) is 18.0 Å². The number of carbonyl (C=O) groups excluding carboxylic acids is 1. The van der Waals surface area contributed by atoms with Gasteiger partial charge in [-0.1, -0.05) is 5.16 Å². The molecule has 0 aliphatic rings. The summed E-state index contributed by atoms with van der Waals surface area (Å²) in [6, 6.07) is 6.75. The number of amidine groups is 1. The van der Waals surface area contributed by atoms with Crippen molar-refractivity contribution in [2.75, 3.05) is 11.9 Å². The number of hydrogen-bond acceptors (Lipinski definition) is 4. The van der Waals surface area contributed by atoms with Gasteiger partial charge < -0.3 is 21.0 Å². The monoisotopic (exact) mass is 223 g/mol. The lowest BCUT2D eigenvalue weighted by Gasteiger charge is -2.05. The topological polar surface area (TPSA) is 96.9 Å². The van der Waals surface area contributed by atoms with Crippen LogP contribution in [0.3, 0.4) is 0 Å². The number of nitrogens with zero attached hydrogens (tertiary/aromatic N) is 1. The van der Waals surface area contributed by atoms with Crippen LogP contribution in [0.1, 0.15) is 6.92 Å². The summed E-state index contributed by atoms with van der Waals surface area (Å²) >= 11 is 0. The van der Waals surface area contributed by atoms with Gasteiger partial charge in [-0.2, -0.15) is 0 Å². The Labute approximate surface area is 92.7 Å². The van der Waals surface area contributed by atoms with Gasteiger partial charge in [-0.25, -0.2) is 0 Å². The molecule has 0 fully saturated rings. The second-order valence-corrected chi connectivity index (χ2v) is 2.90. The molecule has 1 aromatic carbocycles. The highest BCUT2D eigenvalue weighted by atomic mass is 16.5. The minimum atomic E-state index is -0.661. The molecule has 6 heteroatoms. The molecule has 6 nitrogen and oxygen atoms in total. The van der Waals surface area contributed by atoms with Crippen molar-refractivity contribution < 1.29 is 14.7 Å². The molecule has 1 rings (SSSR count). The minimum Gasteiger partial charge on any atom is -0.494 e. The van der Waals surface area contributed by atoms with E-state index in [1.54, 1.807) is 24.3 Å². The van der Waals surface area contributed by atoms with Crippen LogP contribution in [-0.4, -0.2) is 23.6 Å². The van der Waals surface area contributed by atoms with Crippen molar-refractivity contribution in [2.24, 2.45) is 10.9 Å². The fourth-order valence-electron chi connectivity index (χ4n) is 1.04. The highest BCUT2D eigenvalue weighted by Crippen LogP contribution is 2.15. The quantitative estimate of drug-likeness (QED) is 0.305.